The van der Waals surface area contributed by atoms with E-state index >= 15 is 0 Å². The number of hydrogen-bond donors (Lipinski definition) is 2. The van der Waals surface area contributed by atoms with E-state index in [0.29, 0.717) is 12.1 Å². The van der Waals surface area contributed by atoms with Gasteiger partial charge in [-0.3, -0.25) is 9.59 Å². The number of nitrogens with one attached hydrogen (secondary N) is 2. The van der Waals surface area contributed by atoms with Crippen molar-refractivity contribution >= 4 is 5.91 Å². The third-order valence-corrected chi connectivity index (χ3v) is 4.01. The minimum Gasteiger partial charge on any atom is -0.352 e. The average molecular weight is 262 g/mol. The summed E-state index contributed by atoms with van der Waals surface area (Å²) in [6.07, 6.45) is 7.73. The molecule has 1 fully saturated rings. The van der Waals surface area contributed by atoms with Gasteiger partial charge in [-0.05, 0) is 24.3 Å². The second kappa shape index (κ2) is 6.55. The third-order valence-electron chi connectivity index (χ3n) is 4.01. The Labute approximate surface area is 113 Å². The first-order valence-corrected chi connectivity index (χ1v) is 7.12. The zero-order valence-electron chi connectivity index (χ0n) is 11.4. The largest absolute Gasteiger partial charge is 0.352 e. The van der Waals surface area contributed by atoms with Crippen LogP contribution in [-0.4, -0.2) is 17.4 Å². The fraction of sp³-hybridized carbons (Fsp3) is 0.600. The molecule has 4 heteroatoms. The van der Waals surface area contributed by atoms with Gasteiger partial charge in [-0.2, -0.15) is 0 Å². The first-order chi connectivity index (χ1) is 9.15. The SMILES string of the molecule is CC1CCC(CCNC(=O)c2cc[nH]c(=O)c2)CC1. The van der Waals surface area contributed by atoms with Crippen LogP contribution >= 0.6 is 0 Å². The van der Waals surface area contributed by atoms with Crippen LogP contribution in [0.3, 0.4) is 0 Å². The number of carbonyl (C=O) groups is 1. The lowest BCUT2D eigenvalue weighted by atomic mass is 9.81. The Balaban J connectivity index is 1.74. The molecule has 19 heavy (non-hydrogen) atoms. The molecule has 0 atom stereocenters. The molecule has 0 aromatic carbocycles. The number of aromatic nitrogens is 1. The molecule has 2 N–H and O–H groups in total. The average Bonchev–Trinajstić information content (AvgIpc) is 2.41. The van der Waals surface area contributed by atoms with Crippen molar-refractivity contribution in [1.82, 2.24) is 10.3 Å². The van der Waals surface area contributed by atoms with Crippen molar-refractivity contribution in [3.05, 3.63) is 34.2 Å². The maximum atomic E-state index is 11.8. The standard InChI is InChI=1S/C15H22N2O2/c1-11-2-4-12(5-3-11)6-8-17-15(19)13-7-9-16-14(18)10-13/h7,9-12H,2-6,8H2,1H3,(H,16,18)(H,17,19). The molecule has 1 aliphatic carbocycles. The van der Waals surface area contributed by atoms with E-state index in [1.807, 2.05) is 0 Å². The van der Waals surface area contributed by atoms with Gasteiger partial charge in [0.15, 0.2) is 0 Å². The van der Waals surface area contributed by atoms with Gasteiger partial charge >= 0.3 is 0 Å². The molecule has 0 unspecified atom stereocenters. The summed E-state index contributed by atoms with van der Waals surface area (Å²) in [5.41, 5.74) is 0.190. The lowest BCUT2D eigenvalue weighted by Crippen LogP contribution is -2.27. The van der Waals surface area contributed by atoms with E-state index in [2.05, 4.69) is 17.2 Å². The summed E-state index contributed by atoms with van der Waals surface area (Å²) in [5.74, 6) is 1.45. The summed E-state index contributed by atoms with van der Waals surface area (Å²) in [5, 5.41) is 2.89. The fourth-order valence-corrected chi connectivity index (χ4v) is 2.70. The van der Waals surface area contributed by atoms with Gasteiger partial charge in [0.25, 0.3) is 5.91 Å². The molecule has 4 nitrogen and oxygen atoms in total. The molecule has 1 amide bonds. The van der Waals surface area contributed by atoms with Crippen molar-refractivity contribution in [2.45, 2.75) is 39.0 Å². The van der Waals surface area contributed by atoms with Crippen LogP contribution in [0, 0.1) is 11.8 Å². The van der Waals surface area contributed by atoms with Crippen molar-refractivity contribution < 1.29 is 4.79 Å². The quantitative estimate of drug-likeness (QED) is 0.874. The van der Waals surface area contributed by atoms with E-state index in [-0.39, 0.29) is 11.5 Å². The van der Waals surface area contributed by atoms with Crippen molar-refractivity contribution in [2.75, 3.05) is 6.54 Å². The van der Waals surface area contributed by atoms with E-state index in [4.69, 9.17) is 0 Å². The maximum Gasteiger partial charge on any atom is 0.251 e. The van der Waals surface area contributed by atoms with Crippen LogP contribution in [0.2, 0.25) is 0 Å². The van der Waals surface area contributed by atoms with Crippen molar-refractivity contribution in [2.24, 2.45) is 11.8 Å². The summed E-state index contributed by atoms with van der Waals surface area (Å²) < 4.78 is 0. The van der Waals surface area contributed by atoms with Gasteiger partial charge in [0.05, 0.1) is 0 Å². The Hall–Kier alpha value is -1.58. The van der Waals surface area contributed by atoms with Crippen molar-refractivity contribution in [3.63, 3.8) is 0 Å². The van der Waals surface area contributed by atoms with E-state index in [9.17, 15) is 9.59 Å². The molecule has 1 heterocycles. The van der Waals surface area contributed by atoms with E-state index in [1.165, 1.54) is 37.9 Å². The zero-order valence-corrected chi connectivity index (χ0v) is 11.4. The Morgan fingerprint density at radius 2 is 2.11 bits per heavy atom. The third kappa shape index (κ3) is 4.23. The van der Waals surface area contributed by atoms with Gasteiger partial charge in [-0.25, -0.2) is 0 Å². The van der Waals surface area contributed by atoms with Crippen LogP contribution in [-0.2, 0) is 0 Å². The predicted molar refractivity (Wildman–Crippen MR) is 75.1 cm³/mol. The summed E-state index contributed by atoms with van der Waals surface area (Å²) in [7, 11) is 0. The molecule has 2 rings (SSSR count). The summed E-state index contributed by atoms with van der Waals surface area (Å²) >= 11 is 0. The fourth-order valence-electron chi connectivity index (χ4n) is 2.70. The molecule has 1 aromatic heterocycles. The highest BCUT2D eigenvalue weighted by atomic mass is 16.2. The number of H-pyrrole nitrogens is 1. The number of amides is 1. The second-order valence-corrected chi connectivity index (χ2v) is 5.61. The normalized spacial score (nSPS) is 23.0. The Kier molecular flexibility index (Phi) is 4.77. The Bertz CT molecular complexity index is 473. The summed E-state index contributed by atoms with van der Waals surface area (Å²) in [6.45, 7) is 3.01. The lowest BCUT2D eigenvalue weighted by molar-refractivity contribution is 0.0949. The van der Waals surface area contributed by atoms with Crippen LogP contribution in [0.25, 0.3) is 0 Å². The van der Waals surface area contributed by atoms with Gasteiger partial charge in [0.2, 0.25) is 5.56 Å². The number of rotatable bonds is 4. The molecule has 0 bridgehead atoms. The van der Waals surface area contributed by atoms with Gasteiger partial charge in [-0.15, -0.1) is 0 Å². The lowest BCUT2D eigenvalue weighted by Gasteiger charge is -2.26. The Morgan fingerprint density at radius 1 is 1.37 bits per heavy atom. The first kappa shape index (κ1) is 13.8. The van der Waals surface area contributed by atoms with Crippen LogP contribution in [0.5, 0.6) is 0 Å². The highest BCUT2D eigenvalue weighted by molar-refractivity contribution is 5.93. The summed E-state index contributed by atoms with van der Waals surface area (Å²) in [6, 6.07) is 2.96. The monoisotopic (exact) mass is 262 g/mol. The molecule has 1 aliphatic rings. The molecule has 0 aliphatic heterocycles. The minimum absolute atomic E-state index is 0.157. The molecule has 0 radical (unpaired) electrons. The molecular formula is C15H22N2O2. The van der Waals surface area contributed by atoms with Crippen molar-refractivity contribution in [3.8, 4) is 0 Å². The van der Waals surface area contributed by atoms with Crippen LogP contribution in [0.4, 0.5) is 0 Å². The molecule has 0 spiro atoms. The van der Waals surface area contributed by atoms with E-state index in [0.717, 1.165) is 18.3 Å². The molecular weight excluding hydrogens is 240 g/mol. The van der Waals surface area contributed by atoms with E-state index < -0.39 is 0 Å². The topological polar surface area (TPSA) is 62.0 Å². The number of pyridine rings is 1. The highest BCUT2D eigenvalue weighted by Crippen LogP contribution is 2.29. The predicted octanol–water partition coefficient (Wildman–Crippen LogP) is 2.32. The van der Waals surface area contributed by atoms with Crippen molar-refractivity contribution in [1.29, 1.82) is 0 Å². The van der Waals surface area contributed by atoms with Gasteiger partial charge in [0, 0.05) is 24.4 Å². The van der Waals surface area contributed by atoms with E-state index in [1.54, 1.807) is 6.07 Å². The first-order valence-electron chi connectivity index (χ1n) is 7.12. The highest BCUT2D eigenvalue weighted by Gasteiger charge is 2.18. The molecule has 1 aromatic rings. The van der Waals surface area contributed by atoms with Gasteiger partial charge in [0.1, 0.15) is 0 Å². The minimum atomic E-state index is -0.242. The second-order valence-electron chi connectivity index (χ2n) is 5.61. The smallest absolute Gasteiger partial charge is 0.251 e. The Morgan fingerprint density at radius 3 is 2.79 bits per heavy atom. The number of aromatic amines is 1. The summed E-state index contributed by atoms with van der Waals surface area (Å²) in [4.78, 5) is 25.4. The zero-order chi connectivity index (χ0) is 13.7. The van der Waals surface area contributed by atoms with Gasteiger partial charge < -0.3 is 10.3 Å². The maximum absolute atomic E-state index is 11.8. The molecule has 104 valence electrons. The number of carbonyl (C=O) groups excluding carboxylic acids is 1. The van der Waals surface area contributed by atoms with Crippen LogP contribution < -0.4 is 10.9 Å². The number of hydrogen-bond acceptors (Lipinski definition) is 2. The van der Waals surface area contributed by atoms with Crippen LogP contribution in [0.1, 0.15) is 49.4 Å². The molecule has 0 saturated heterocycles. The van der Waals surface area contributed by atoms with Gasteiger partial charge in [-0.1, -0.05) is 32.6 Å². The van der Waals surface area contributed by atoms with Crippen LogP contribution in [0.15, 0.2) is 23.1 Å². The molecule has 1 saturated carbocycles.